The summed E-state index contributed by atoms with van der Waals surface area (Å²) in [6.45, 7) is 3.40. The molecule has 0 aliphatic carbocycles. The van der Waals surface area contributed by atoms with Crippen molar-refractivity contribution in [3.8, 4) is 0 Å². The maximum Gasteiger partial charge on any atom is 0.293 e. The predicted octanol–water partition coefficient (Wildman–Crippen LogP) is 6.04. The molecule has 0 N–H and O–H groups in total. The average Bonchev–Trinajstić information content (AvgIpc) is 3.31. The third-order valence-corrected chi connectivity index (χ3v) is 8.05. The van der Waals surface area contributed by atoms with E-state index in [0.29, 0.717) is 4.91 Å². The lowest BCUT2D eigenvalue weighted by atomic mass is 10.0. The Bertz CT molecular complexity index is 1330. The molecular formula is C27H26BrN3O3S. The Morgan fingerprint density at radius 1 is 1.14 bits per heavy atom. The van der Waals surface area contributed by atoms with Gasteiger partial charge in [0, 0.05) is 39.7 Å². The van der Waals surface area contributed by atoms with Crippen molar-refractivity contribution in [2.24, 2.45) is 0 Å². The standard InChI is InChI=1S/C27H26BrN3O3S/c1-18-7-5-6-12-30(18)25(32)17-29-16-20(22-14-21(28)10-11-23(22)29)13-24-26(33)31(27(34)35-24)15-19-8-3-2-4-9-19/h2-4,8-11,13-14,16,18H,5-7,12,15,17H2,1H3/b24-13-/t18-/m0/s1. The number of aromatic nitrogens is 1. The highest BCUT2D eigenvalue weighted by Gasteiger charge is 2.35. The predicted molar refractivity (Wildman–Crippen MR) is 143 cm³/mol. The monoisotopic (exact) mass is 551 g/mol. The number of carbonyl (C=O) groups excluding carboxylic acids is 3. The van der Waals surface area contributed by atoms with E-state index in [-0.39, 0.29) is 36.2 Å². The van der Waals surface area contributed by atoms with Gasteiger partial charge in [0.15, 0.2) is 0 Å². The van der Waals surface area contributed by atoms with E-state index in [1.807, 2.05) is 64.2 Å². The number of fused-ring (bicyclic) bond motifs is 1. The normalized spacial score (nSPS) is 19.8. The lowest BCUT2D eigenvalue weighted by Crippen LogP contribution is -2.43. The molecule has 1 atom stereocenters. The molecule has 3 amide bonds. The minimum atomic E-state index is -0.294. The molecule has 0 bridgehead atoms. The lowest BCUT2D eigenvalue weighted by molar-refractivity contribution is -0.135. The Morgan fingerprint density at radius 2 is 1.94 bits per heavy atom. The maximum atomic E-state index is 13.1. The van der Waals surface area contributed by atoms with Crippen LogP contribution < -0.4 is 0 Å². The number of halogens is 1. The largest absolute Gasteiger partial charge is 0.338 e. The molecule has 2 aromatic carbocycles. The van der Waals surface area contributed by atoms with Crippen LogP contribution >= 0.6 is 27.7 Å². The van der Waals surface area contributed by atoms with E-state index in [9.17, 15) is 14.4 Å². The number of likely N-dealkylation sites (tertiary alicyclic amines) is 1. The Morgan fingerprint density at radius 3 is 2.71 bits per heavy atom. The second kappa shape index (κ2) is 10.0. The van der Waals surface area contributed by atoms with E-state index >= 15 is 0 Å². The van der Waals surface area contributed by atoms with Crippen molar-refractivity contribution in [3.05, 3.63) is 75.2 Å². The van der Waals surface area contributed by atoms with Gasteiger partial charge in [0.25, 0.3) is 11.1 Å². The zero-order chi connectivity index (χ0) is 24.5. The number of rotatable bonds is 5. The summed E-state index contributed by atoms with van der Waals surface area (Å²) in [4.78, 5) is 42.5. The molecule has 3 aromatic rings. The minimum Gasteiger partial charge on any atom is -0.338 e. The van der Waals surface area contributed by atoms with Gasteiger partial charge < -0.3 is 9.47 Å². The summed E-state index contributed by atoms with van der Waals surface area (Å²) in [5.41, 5.74) is 2.63. The van der Waals surface area contributed by atoms with Gasteiger partial charge >= 0.3 is 0 Å². The van der Waals surface area contributed by atoms with Gasteiger partial charge in [-0.25, -0.2) is 0 Å². The second-order valence-electron chi connectivity index (χ2n) is 9.06. The molecule has 2 fully saturated rings. The Kier molecular flexibility index (Phi) is 6.84. The number of nitrogens with zero attached hydrogens (tertiary/aromatic N) is 3. The summed E-state index contributed by atoms with van der Waals surface area (Å²) in [7, 11) is 0. The molecule has 0 radical (unpaired) electrons. The first kappa shape index (κ1) is 23.9. The third kappa shape index (κ3) is 4.95. The second-order valence-corrected chi connectivity index (χ2v) is 11.0. The molecule has 180 valence electrons. The molecular weight excluding hydrogens is 526 g/mol. The Balaban J connectivity index is 1.44. The van der Waals surface area contributed by atoms with Crippen LogP contribution in [0.2, 0.25) is 0 Å². The van der Waals surface area contributed by atoms with E-state index in [0.717, 1.165) is 64.1 Å². The van der Waals surface area contributed by atoms with Crippen LogP contribution in [0.3, 0.4) is 0 Å². The number of hydrogen-bond acceptors (Lipinski definition) is 4. The van der Waals surface area contributed by atoms with Gasteiger partial charge in [-0.15, -0.1) is 0 Å². The number of benzene rings is 2. The number of amides is 3. The molecule has 2 saturated heterocycles. The highest BCUT2D eigenvalue weighted by Crippen LogP contribution is 2.35. The summed E-state index contributed by atoms with van der Waals surface area (Å²) < 4.78 is 2.86. The summed E-state index contributed by atoms with van der Waals surface area (Å²) >= 11 is 4.50. The van der Waals surface area contributed by atoms with E-state index in [1.165, 1.54) is 4.90 Å². The van der Waals surface area contributed by atoms with Crippen molar-refractivity contribution < 1.29 is 14.4 Å². The number of hydrogen-bond donors (Lipinski definition) is 0. The van der Waals surface area contributed by atoms with Gasteiger partial charge in [-0.05, 0) is 67.8 Å². The fraction of sp³-hybridized carbons (Fsp3) is 0.296. The Labute approximate surface area is 217 Å². The highest BCUT2D eigenvalue weighted by molar-refractivity contribution is 9.10. The Hall–Kier alpha value is -2.84. The van der Waals surface area contributed by atoms with E-state index in [4.69, 9.17) is 0 Å². The molecule has 6 nitrogen and oxygen atoms in total. The number of imide groups is 1. The van der Waals surface area contributed by atoms with Gasteiger partial charge in [0.1, 0.15) is 6.54 Å². The molecule has 1 aromatic heterocycles. The quantitative estimate of drug-likeness (QED) is 0.362. The first-order valence-electron chi connectivity index (χ1n) is 11.8. The van der Waals surface area contributed by atoms with Crippen LogP contribution in [-0.2, 0) is 22.7 Å². The fourth-order valence-electron chi connectivity index (χ4n) is 4.79. The van der Waals surface area contributed by atoms with Crippen molar-refractivity contribution in [2.75, 3.05) is 6.54 Å². The van der Waals surface area contributed by atoms with Crippen molar-refractivity contribution in [1.29, 1.82) is 0 Å². The zero-order valence-electron chi connectivity index (χ0n) is 19.4. The molecule has 5 rings (SSSR count). The topological polar surface area (TPSA) is 62.6 Å². The van der Waals surface area contributed by atoms with Crippen LogP contribution in [0.5, 0.6) is 0 Å². The highest BCUT2D eigenvalue weighted by atomic mass is 79.9. The zero-order valence-corrected chi connectivity index (χ0v) is 21.8. The molecule has 0 unspecified atom stereocenters. The van der Waals surface area contributed by atoms with Crippen LogP contribution in [0.15, 0.2) is 64.1 Å². The van der Waals surface area contributed by atoms with E-state index in [1.54, 1.807) is 6.08 Å². The number of piperidine rings is 1. The minimum absolute atomic E-state index is 0.103. The van der Waals surface area contributed by atoms with Crippen molar-refractivity contribution in [2.45, 2.75) is 45.3 Å². The SMILES string of the molecule is C[C@H]1CCCCN1C(=O)Cn1cc(/C=C2\SC(=O)N(Cc3ccccc3)C2=O)c2cc(Br)ccc21. The van der Waals surface area contributed by atoms with Crippen LogP contribution in [0.1, 0.15) is 37.3 Å². The van der Waals surface area contributed by atoms with Crippen molar-refractivity contribution in [3.63, 3.8) is 0 Å². The van der Waals surface area contributed by atoms with Crippen molar-refractivity contribution >= 4 is 61.7 Å². The molecule has 2 aliphatic rings. The lowest BCUT2D eigenvalue weighted by Gasteiger charge is -2.33. The van der Waals surface area contributed by atoms with Gasteiger partial charge in [0.2, 0.25) is 5.91 Å². The van der Waals surface area contributed by atoms with Crippen molar-refractivity contribution in [1.82, 2.24) is 14.4 Å². The summed E-state index contributed by atoms with van der Waals surface area (Å²) in [6.07, 6.45) is 6.92. The molecule has 2 aliphatic heterocycles. The number of thioether (sulfide) groups is 1. The molecule has 0 spiro atoms. The average molecular weight is 552 g/mol. The first-order valence-corrected chi connectivity index (χ1v) is 13.4. The first-order chi connectivity index (χ1) is 16.9. The smallest absolute Gasteiger partial charge is 0.293 e. The van der Waals surface area contributed by atoms with Crippen LogP contribution in [0, 0.1) is 0 Å². The maximum absolute atomic E-state index is 13.1. The molecule has 0 saturated carbocycles. The van der Waals surface area contributed by atoms with Gasteiger partial charge in [-0.1, -0.05) is 46.3 Å². The molecule has 3 heterocycles. The summed E-state index contributed by atoms with van der Waals surface area (Å²) in [6, 6.07) is 15.7. The fourth-order valence-corrected chi connectivity index (χ4v) is 5.98. The van der Waals surface area contributed by atoms with Crippen LogP contribution in [0.4, 0.5) is 4.79 Å². The van der Waals surface area contributed by atoms with Crippen LogP contribution in [-0.4, -0.2) is 44.0 Å². The molecule has 8 heteroatoms. The third-order valence-electron chi connectivity index (χ3n) is 6.65. The summed E-state index contributed by atoms with van der Waals surface area (Å²) in [5, 5.41) is 0.651. The van der Waals surface area contributed by atoms with E-state index in [2.05, 4.69) is 22.9 Å². The van der Waals surface area contributed by atoms with Gasteiger partial charge in [-0.3, -0.25) is 19.3 Å². The summed E-state index contributed by atoms with van der Waals surface area (Å²) in [5.74, 6) is -0.190. The molecule has 35 heavy (non-hydrogen) atoms. The van der Waals surface area contributed by atoms with Crippen LogP contribution in [0.25, 0.3) is 17.0 Å². The van der Waals surface area contributed by atoms with Gasteiger partial charge in [0.05, 0.1) is 11.4 Å². The number of carbonyl (C=O) groups is 3. The van der Waals surface area contributed by atoms with Gasteiger partial charge in [-0.2, -0.15) is 0 Å². The van der Waals surface area contributed by atoms with E-state index < -0.39 is 0 Å².